The van der Waals surface area contributed by atoms with Gasteiger partial charge in [-0.05, 0) is 145 Å². The first kappa shape index (κ1) is 54.4. The zero-order valence-corrected chi connectivity index (χ0v) is 44.0. The van der Waals surface area contributed by atoms with Crippen LogP contribution in [0.3, 0.4) is 0 Å². The molecule has 0 aliphatic heterocycles. The van der Waals surface area contributed by atoms with E-state index in [0.717, 1.165) is 0 Å². The average Bonchev–Trinajstić information content (AvgIpc) is 3.98. The van der Waals surface area contributed by atoms with Crippen molar-refractivity contribution in [3.63, 3.8) is 0 Å². The molecule has 4 amide bonds. The second-order valence-corrected chi connectivity index (χ2v) is 23.2. The minimum Gasteiger partial charge on any atom is -0.443 e. The molecule has 4 aromatic rings. The van der Waals surface area contributed by atoms with Crippen molar-refractivity contribution in [3.8, 4) is 0 Å². The topological polar surface area (TPSA) is 304 Å². The highest BCUT2D eigenvalue weighted by Crippen LogP contribution is 2.40. The molecule has 396 valence electrons. The number of hydrogen-bond donors (Lipinski definition) is 6. The number of imide groups is 2. The highest BCUT2D eigenvalue weighted by Gasteiger charge is 2.52. The van der Waals surface area contributed by atoms with E-state index in [1.165, 1.54) is 21.8 Å². The number of fused-ring (bicyclic) bond motifs is 2. The molecule has 7 rings (SSSR count). The normalized spacial score (nSPS) is 26.1. The number of hydrogen-bond acceptors (Lipinski definition) is 20. The van der Waals surface area contributed by atoms with Crippen molar-refractivity contribution in [2.45, 2.75) is 205 Å². The van der Waals surface area contributed by atoms with E-state index >= 15 is 0 Å². The SMILES string of the molecule is CC(C)(C)OC(=O)N(C(=O)OC(C)(C)C)[C@H]1C[C@@H](n2cnc3c(N[C@H]4CC[C@H](Nc5nc(Cl)nc6c5ncn6[C@@H]5C[C@H](N(C(=O)OC(C)(C)C)C(=O)OC(C)(C)C)[C@@H](O)[C@H]5O)CC4)nc(Cl)nc32)[C@H](O)[C@@H]1O. The van der Waals surface area contributed by atoms with E-state index in [4.69, 9.17) is 42.1 Å². The van der Waals surface area contributed by atoms with Crippen LogP contribution >= 0.6 is 23.2 Å². The predicted molar refractivity (Wildman–Crippen MR) is 261 cm³/mol. The Morgan fingerprint density at radius 3 is 1.10 bits per heavy atom. The van der Waals surface area contributed by atoms with Crippen LogP contribution in [0.4, 0.5) is 30.8 Å². The Labute approximate surface area is 426 Å². The number of nitrogens with zero attached hydrogens (tertiary/aromatic N) is 10. The molecule has 0 radical (unpaired) electrons. The Balaban J connectivity index is 1.04. The quantitative estimate of drug-likeness (QED) is 0.0808. The van der Waals surface area contributed by atoms with Crippen molar-refractivity contribution >= 4 is 81.5 Å². The summed E-state index contributed by atoms with van der Waals surface area (Å²) in [5, 5.41) is 52.3. The van der Waals surface area contributed by atoms with E-state index in [1.807, 2.05) is 0 Å². The molecular formula is C46H66Cl2N12O12. The Hall–Kier alpha value is -5.40. The summed E-state index contributed by atoms with van der Waals surface area (Å²) in [4.78, 5) is 82.1. The maximum absolute atomic E-state index is 13.5. The van der Waals surface area contributed by atoms with Gasteiger partial charge in [0.05, 0.1) is 36.8 Å². The molecule has 0 spiro atoms. The largest absolute Gasteiger partial charge is 0.443 e. The minimum absolute atomic E-state index is 0.0979. The van der Waals surface area contributed by atoms with Crippen molar-refractivity contribution in [1.82, 2.24) is 48.8 Å². The molecule has 6 N–H and O–H groups in total. The van der Waals surface area contributed by atoms with Crippen molar-refractivity contribution in [1.29, 1.82) is 0 Å². The number of anilines is 2. The highest BCUT2D eigenvalue weighted by atomic mass is 35.5. The number of aliphatic hydroxyl groups is 4. The van der Waals surface area contributed by atoms with Crippen molar-refractivity contribution in [2.24, 2.45) is 0 Å². The van der Waals surface area contributed by atoms with Crippen molar-refractivity contribution < 1.29 is 58.6 Å². The van der Waals surface area contributed by atoms with Gasteiger partial charge in [0.1, 0.15) is 46.8 Å². The molecule has 3 aliphatic rings. The number of imidazole rings is 2. The molecule has 0 saturated heterocycles. The molecule has 3 fully saturated rings. The standard InChI is InChI=1S/C46H66Cl2N12O12/c1-43(2,3)69-39(65)59(40(66)70-44(4,5)6)25-17-23(29(61)31(25)63)57-19-49-27-33(53-37(47)55-35(27)57)51-21-13-15-22(16-14-21)52-34-28-36(56-38(48)54-34)58(20-50-28)24-18-26(32(64)30(24)62)60(41(67)71-45(7,8)9)42(68)72-46(10,11)12/h19-26,29-32,61-64H,13-18H2,1-12H3,(H,51,53,55)(H,52,54,56)/t21-,22-,23-,24-,25+,26+,29+,30+,31-,32-/m1/s1. The second kappa shape index (κ2) is 20.1. The Kier molecular flexibility index (Phi) is 15.2. The first-order chi connectivity index (χ1) is 33.3. The van der Waals surface area contributed by atoms with Gasteiger partial charge in [-0.3, -0.25) is 0 Å². The molecule has 0 bridgehead atoms. The third kappa shape index (κ3) is 12.2. The van der Waals surface area contributed by atoms with Gasteiger partial charge in [0.15, 0.2) is 34.0 Å². The van der Waals surface area contributed by atoms with Gasteiger partial charge >= 0.3 is 24.4 Å². The van der Waals surface area contributed by atoms with Gasteiger partial charge in [-0.2, -0.15) is 19.9 Å². The zero-order chi connectivity index (χ0) is 53.2. The first-order valence-electron chi connectivity index (χ1n) is 23.8. The molecule has 4 heterocycles. The van der Waals surface area contributed by atoms with Crippen LogP contribution in [0, 0.1) is 0 Å². The maximum Gasteiger partial charge on any atom is 0.420 e. The molecule has 0 aromatic carbocycles. The summed E-state index contributed by atoms with van der Waals surface area (Å²) in [6, 6.07) is -4.51. The van der Waals surface area contributed by atoms with E-state index in [2.05, 4.69) is 40.5 Å². The number of aromatic nitrogens is 8. The van der Waals surface area contributed by atoms with E-state index in [0.29, 0.717) is 58.2 Å². The van der Waals surface area contributed by atoms with Crippen LogP contribution in [-0.2, 0) is 18.9 Å². The van der Waals surface area contributed by atoms with Gasteiger partial charge in [0.2, 0.25) is 10.6 Å². The van der Waals surface area contributed by atoms with Crippen LogP contribution < -0.4 is 10.6 Å². The molecule has 3 saturated carbocycles. The van der Waals surface area contributed by atoms with Crippen LogP contribution in [-0.4, -0.2) is 165 Å². The lowest BCUT2D eigenvalue weighted by molar-refractivity contribution is -0.0361. The summed E-state index contributed by atoms with van der Waals surface area (Å²) >= 11 is 13.0. The fourth-order valence-corrected chi connectivity index (χ4v) is 9.54. The second-order valence-electron chi connectivity index (χ2n) is 22.5. The molecule has 24 nitrogen and oxygen atoms in total. The molecular weight excluding hydrogens is 983 g/mol. The average molecular weight is 1050 g/mol. The van der Waals surface area contributed by atoms with Gasteiger partial charge in [-0.15, -0.1) is 0 Å². The number of aliphatic hydroxyl groups excluding tert-OH is 4. The number of rotatable bonds is 8. The molecule has 0 unspecified atom stereocenters. The maximum atomic E-state index is 13.5. The zero-order valence-electron chi connectivity index (χ0n) is 42.5. The number of halogens is 2. The van der Waals surface area contributed by atoms with Gasteiger partial charge in [0, 0.05) is 12.1 Å². The highest BCUT2D eigenvalue weighted by molar-refractivity contribution is 6.29. The monoisotopic (exact) mass is 1050 g/mol. The Morgan fingerprint density at radius 2 is 0.819 bits per heavy atom. The third-order valence-electron chi connectivity index (χ3n) is 12.2. The number of ether oxygens (including phenoxy) is 4. The lowest BCUT2D eigenvalue weighted by atomic mass is 9.91. The Bertz CT molecular complexity index is 2430. The lowest BCUT2D eigenvalue weighted by Gasteiger charge is -2.33. The van der Waals surface area contributed by atoms with Crippen LogP contribution in [0.1, 0.15) is 134 Å². The summed E-state index contributed by atoms with van der Waals surface area (Å²) < 4.78 is 25.2. The summed E-state index contributed by atoms with van der Waals surface area (Å²) in [7, 11) is 0. The Morgan fingerprint density at radius 1 is 0.528 bits per heavy atom. The first-order valence-corrected chi connectivity index (χ1v) is 24.6. The molecule has 8 atom stereocenters. The summed E-state index contributed by atoms with van der Waals surface area (Å²) in [5.41, 5.74) is -2.78. The lowest BCUT2D eigenvalue weighted by Crippen LogP contribution is -2.52. The van der Waals surface area contributed by atoms with Gasteiger partial charge in [-0.25, -0.2) is 38.9 Å². The van der Waals surface area contributed by atoms with E-state index in [1.54, 1.807) is 83.1 Å². The number of nitrogens with one attached hydrogen (secondary N) is 2. The summed E-state index contributed by atoms with van der Waals surface area (Å²) in [5.74, 6) is 0.677. The van der Waals surface area contributed by atoms with Crippen molar-refractivity contribution in [3.05, 3.63) is 23.2 Å². The fourth-order valence-electron chi connectivity index (χ4n) is 9.21. The van der Waals surface area contributed by atoms with Gasteiger partial charge in [-0.1, -0.05) is 0 Å². The van der Waals surface area contributed by atoms with E-state index in [9.17, 15) is 39.6 Å². The van der Waals surface area contributed by atoms with Crippen LogP contribution in [0.25, 0.3) is 22.3 Å². The molecule has 72 heavy (non-hydrogen) atoms. The minimum atomic E-state index is -1.59. The van der Waals surface area contributed by atoms with Crippen molar-refractivity contribution in [2.75, 3.05) is 10.6 Å². The number of carbonyl (C=O) groups excluding carboxylic acids is 4. The molecule has 26 heteroatoms. The number of carbonyl (C=O) groups is 4. The van der Waals surface area contributed by atoms with Crippen LogP contribution in [0.15, 0.2) is 12.7 Å². The van der Waals surface area contributed by atoms with E-state index < -0.39 is 95.4 Å². The molecule has 3 aliphatic carbocycles. The molecule has 4 aromatic heterocycles. The van der Waals surface area contributed by atoms with Gasteiger partial charge in [0.25, 0.3) is 0 Å². The summed E-state index contributed by atoms with van der Waals surface area (Å²) in [6.45, 7) is 19.7. The third-order valence-corrected chi connectivity index (χ3v) is 12.5. The fraction of sp³-hybridized carbons (Fsp3) is 0.696. The smallest absolute Gasteiger partial charge is 0.420 e. The van der Waals surface area contributed by atoms with E-state index in [-0.39, 0.29) is 46.8 Å². The predicted octanol–water partition coefficient (Wildman–Crippen LogP) is 6.52. The van der Waals surface area contributed by atoms with Gasteiger partial charge < -0.3 is 59.1 Å². The van der Waals surface area contributed by atoms with Crippen LogP contribution in [0.5, 0.6) is 0 Å². The summed E-state index contributed by atoms with van der Waals surface area (Å²) in [6.07, 6.45) is -5.04. The number of amides is 4. The van der Waals surface area contributed by atoms with Crippen LogP contribution in [0.2, 0.25) is 10.6 Å².